The maximum absolute atomic E-state index is 12.2. The Labute approximate surface area is 125 Å². The van der Waals surface area contributed by atoms with Crippen LogP contribution >= 0.6 is 0 Å². The van der Waals surface area contributed by atoms with E-state index in [0.717, 1.165) is 32.6 Å². The van der Waals surface area contributed by atoms with Crippen molar-refractivity contribution in [1.82, 2.24) is 10.2 Å². The molecule has 0 atom stereocenters. The molecule has 2 rings (SSSR count). The molecule has 0 radical (unpaired) electrons. The zero-order valence-electron chi connectivity index (χ0n) is 12.6. The maximum atomic E-state index is 12.2. The molecule has 0 unspecified atom stereocenters. The van der Waals surface area contributed by atoms with E-state index in [1.54, 1.807) is 32.4 Å². The van der Waals surface area contributed by atoms with Crippen LogP contribution in [0.3, 0.4) is 0 Å². The van der Waals surface area contributed by atoms with Gasteiger partial charge in [-0.15, -0.1) is 0 Å². The molecule has 1 fully saturated rings. The normalized spacial score (nSPS) is 16.1. The van der Waals surface area contributed by atoms with Crippen LogP contribution < -0.4 is 20.1 Å². The Kier molecular flexibility index (Phi) is 5.83. The van der Waals surface area contributed by atoms with E-state index in [1.165, 1.54) is 0 Å². The van der Waals surface area contributed by atoms with Crippen LogP contribution in [0.25, 0.3) is 0 Å². The van der Waals surface area contributed by atoms with Gasteiger partial charge in [-0.25, -0.2) is 0 Å². The minimum Gasteiger partial charge on any atom is -0.497 e. The lowest BCUT2D eigenvalue weighted by Crippen LogP contribution is -2.35. The predicted octanol–water partition coefficient (Wildman–Crippen LogP) is 0.938. The van der Waals surface area contributed by atoms with Gasteiger partial charge in [0.25, 0.3) is 0 Å². The van der Waals surface area contributed by atoms with E-state index in [0.29, 0.717) is 23.7 Å². The number of amides is 1. The van der Waals surface area contributed by atoms with Crippen molar-refractivity contribution in [3.05, 3.63) is 18.2 Å². The highest BCUT2D eigenvalue weighted by Gasteiger charge is 2.14. The van der Waals surface area contributed by atoms with Crippen LogP contribution in [0.2, 0.25) is 0 Å². The number of anilines is 1. The summed E-state index contributed by atoms with van der Waals surface area (Å²) in [5.74, 6) is 1.27. The smallest absolute Gasteiger partial charge is 0.238 e. The third-order valence-corrected chi connectivity index (χ3v) is 3.48. The summed E-state index contributed by atoms with van der Waals surface area (Å²) < 4.78 is 10.4. The first kappa shape index (κ1) is 15.6. The number of ether oxygens (including phenoxy) is 2. The van der Waals surface area contributed by atoms with Crippen molar-refractivity contribution in [3.63, 3.8) is 0 Å². The largest absolute Gasteiger partial charge is 0.497 e. The molecule has 0 aliphatic carbocycles. The zero-order valence-corrected chi connectivity index (χ0v) is 12.6. The quantitative estimate of drug-likeness (QED) is 0.846. The SMILES string of the molecule is COc1ccc(OC)c(NC(=O)CN2CCCNCC2)c1. The highest BCUT2D eigenvalue weighted by Crippen LogP contribution is 2.28. The number of hydrogen-bond donors (Lipinski definition) is 2. The van der Waals surface area contributed by atoms with Crippen LogP contribution in [0.15, 0.2) is 18.2 Å². The summed E-state index contributed by atoms with van der Waals surface area (Å²) in [6.45, 7) is 4.16. The third kappa shape index (κ3) is 4.61. The first-order valence-corrected chi connectivity index (χ1v) is 7.18. The molecule has 0 spiro atoms. The van der Waals surface area contributed by atoms with E-state index < -0.39 is 0 Å². The van der Waals surface area contributed by atoms with Crippen LogP contribution in [0.1, 0.15) is 6.42 Å². The third-order valence-electron chi connectivity index (χ3n) is 3.48. The highest BCUT2D eigenvalue weighted by molar-refractivity contribution is 5.94. The van der Waals surface area contributed by atoms with E-state index in [-0.39, 0.29) is 5.91 Å². The Bertz CT molecular complexity index is 471. The van der Waals surface area contributed by atoms with Crippen LogP contribution in [-0.4, -0.2) is 57.8 Å². The van der Waals surface area contributed by atoms with Gasteiger partial charge in [0.1, 0.15) is 11.5 Å². The standard InChI is InChI=1S/C15H23N3O3/c1-20-12-4-5-14(21-2)13(10-12)17-15(19)11-18-8-3-6-16-7-9-18/h4-5,10,16H,3,6-9,11H2,1-2H3,(H,17,19). The first-order chi connectivity index (χ1) is 10.2. The molecule has 21 heavy (non-hydrogen) atoms. The number of carbonyl (C=O) groups is 1. The molecule has 116 valence electrons. The molecule has 6 heteroatoms. The van der Waals surface area contributed by atoms with Gasteiger partial charge >= 0.3 is 0 Å². The van der Waals surface area contributed by atoms with E-state index in [2.05, 4.69) is 15.5 Å². The summed E-state index contributed by atoms with van der Waals surface area (Å²) in [7, 11) is 3.18. The molecule has 1 amide bonds. The maximum Gasteiger partial charge on any atom is 0.238 e. The Morgan fingerprint density at radius 2 is 2.14 bits per heavy atom. The molecule has 1 saturated heterocycles. The van der Waals surface area contributed by atoms with Gasteiger partial charge in [-0.2, -0.15) is 0 Å². The van der Waals surface area contributed by atoms with Crippen molar-refractivity contribution in [1.29, 1.82) is 0 Å². The molecule has 2 N–H and O–H groups in total. The van der Waals surface area contributed by atoms with Crippen molar-refractivity contribution in [2.75, 3.05) is 52.3 Å². The summed E-state index contributed by atoms with van der Waals surface area (Å²) in [6.07, 6.45) is 1.07. The predicted molar refractivity (Wildman–Crippen MR) is 82.1 cm³/mol. The molecule has 1 aliphatic heterocycles. The van der Waals surface area contributed by atoms with E-state index in [4.69, 9.17) is 9.47 Å². The van der Waals surface area contributed by atoms with Gasteiger partial charge in [0.05, 0.1) is 26.5 Å². The molecule has 0 aromatic heterocycles. The van der Waals surface area contributed by atoms with Gasteiger partial charge in [0.15, 0.2) is 0 Å². The van der Waals surface area contributed by atoms with Gasteiger partial charge < -0.3 is 20.1 Å². The summed E-state index contributed by atoms with van der Waals surface area (Å²) >= 11 is 0. The molecule has 6 nitrogen and oxygen atoms in total. The lowest BCUT2D eigenvalue weighted by molar-refractivity contribution is -0.117. The summed E-state index contributed by atoms with van der Waals surface area (Å²) in [4.78, 5) is 14.3. The van der Waals surface area contributed by atoms with E-state index in [9.17, 15) is 4.79 Å². The Morgan fingerprint density at radius 3 is 2.90 bits per heavy atom. The average molecular weight is 293 g/mol. The van der Waals surface area contributed by atoms with Crippen LogP contribution in [0.4, 0.5) is 5.69 Å². The minimum absolute atomic E-state index is 0.0385. The molecular formula is C15H23N3O3. The van der Waals surface area contributed by atoms with E-state index in [1.807, 2.05) is 0 Å². The van der Waals surface area contributed by atoms with Crippen molar-refractivity contribution < 1.29 is 14.3 Å². The van der Waals surface area contributed by atoms with Crippen LogP contribution in [0.5, 0.6) is 11.5 Å². The van der Waals surface area contributed by atoms with Gasteiger partial charge in [-0.3, -0.25) is 9.69 Å². The number of hydrogen-bond acceptors (Lipinski definition) is 5. The number of benzene rings is 1. The summed E-state index contributed by atoms with van der Waals surface area (Å²) in [6, 6.07) is 5.35. The molecule has 1 aliphatic rings. The average Bonchev–Trinajstić information content (AvgIpc) is 2.75. The van der Waals surface area contributed by atoms with Gasteiger partial charge in [0.2, 0.25) is 5.91 Å². The molecule has 1 heterocycles. The number of carbonyl (C=O) groups excluding carboxylic acids is 1. The van der Waals surface area contributed by atoms with Gasteiger partial charge in [-0.05, 0) is 31.6 Å². The highest BCUT2D eigenvalue weighted by atomic mass is 16.5. The Morgan fingerprint density at radius 1 is 1.29 bits per heavy atom. The second kappa shape index (κ2) is 7.85. The van der Waals surface area contributed by atoms with E-state index >= 15 is 0 Å². The summed E-state index contributed by atoms with van der Waals surface area (Å²) in [5, 5.41) is 6.22. The lowest BCUT2D eigenvalue weighted by atomic mass is 10.2. The molecule has 1 aromatic rings. The second-order valence-electron chi connectivity index (χ2n) is 4.99. The Balaban J connectivity index is 1.97. The molecule has 1 aromatic carbocycles. The van der Waals surface area contributed by atoms with Crippen LogP contribution in [-0.2, 0) is 4.79 Å². The van der Waals surface area contributed by atoms with Crippen LogP contribution in [0, 0.1) is 0 Å². The molecule has 0 saturated carbocycles. The van der Waals surface area contributed by atoms with Crippen molar-refractivity contribution in [2.45, 2.75) is 6.42 Å². The first-order valence-electron chi connectivity index (χ1n) is 7.18. The second-order valence-corrected chi connectivity index (χ2v) is 4.99. The summed E-state index contributed by atoms with van der Waals surface area (Å²) in [5.41, 5.74) is 0.634. The molecular weight excluding hydrogens is 270 g/mol. The fourth-order valence-corrected chi connectivity index (χ4v) is 2.36. The number of methoxy groups -OCH3 is 2. The minimum atomic E-state index is -0.0385. The fraction of sp³-hybridized carbons (Fsp3) is 0.533. The van der Waals surface area contributed by atoms with Gasteiger partial charge in [-0.1, -0.05) is 0 Å². The van der Waals surface area contributed by atoms with Crippen molar-refractivity contribution in [2.24, 2.45) is 0 Å². The van der Waals surface area contributed by atoms with Gasteiger partial charge in [0, 0.05) is 19.2 Å². The lowest BCUT2D eigenvalue weighted by Gasteiger charge is -2.19. The topological polar surface area (TPSA) is 62.8 Å². The van der Waals surface area contributed by atoms with Crippen molar-refractivity contribution in [3.8, 4) is 11.5 Å². The van der Waals surface area contributed by atoms with Crippen molar-refractivity contribution >= 4 is 11.6 Å². The Hall–Kier alpha value is -1.79. The zero-order chi connectivity index (χ0) is 15.1. The number of rotatable bonds is 5. The monoisotopic (exact) mass is 293 g/mol. The number of nitrogens with one attached hydrogen (secondary N) is 2. The number of nitrogens with zero attached hydrogens (tertiary/aromatic N) is 1. The fourth-order valence-electron chi connectivity index (χ4n) is 2.36. The molecule has 0 bridgehead atoms.